The average Bonchev–Trinajstić information content (AvgIpc) is 3.29. The van der Waals surface area contributed by atoms with Crippen molar-refractivity contribution >= 4 is 34.5 Å². The Morgan fingerprint density at radius 3 is 2.66 bits per heavy atom. The molecule has 0 aliphatic carbocycles. The van der Waals surface area contributed by atoms with E-state index in [0.29, 0.717) is 36.0 Å². The standard InChI is InChI=1S/C25H25N7O3/c1-15-13-28-23(26)20-21(30-32(22(15)20)18-5-4-12-31(14-18)25(34)35)16-7-9-17(10-8-16)24(33)29-19-6-2-3-11-27-19/h2-3,6-11,13,18H,4-5,12,14H2,1H3,(H2,26,28)(H,34,35)(H,27,29,33). The molecule has 0 spiro atoms. The summed E-state index contributed by atoms with van der Waals surface area (Å²) in [6, 6.07) is 12.3. The highest BCUT2D eigenvalue weighted by atomic mass is 16.4. The van der Waals surface area contributed by atoms with E-state index in [4.69, 9.17) is 10.8 Å². The van der Waals surface area contributed by atoms with Gasteiger partial charge in [0.1, 0.15) is 17.3 Å². The van der Waals surface area contributed by atoms with Gasteiger partial charge in [0.15, 0.2) is 0 Å². The second kappa shape index (κ2) is 9.05. The van der Waals surface area contributed by atoms with Gasteiger partial charge in [-0.05, 0) is 49.6 Å². The molecule has 4 aromatic rings. The van der Waals surface area contributed by atoms with Crippen LogP contribution in [0.3, 0.4) is 0 Å². The lowest BCUT2D eigenvalue weighted by Crippen LogP contribution is -2.40. The number of benzene rings is 1. The topological polar surface area (TPSA) is 139 Å². The molecule has 4 N–H and O–H groups in total. The van der Waals surface area contributed by atoms with E-state index in [9.17, 15) is 14.7 Å². The summed E-state index contributed by atoms with van der Waals surface area (Å²) in [5.41, 5.74) is 9.98. The first-order chi connectivity index (χ1) is 16.9. The molecule has 0 bridgehead atoms. The van der Waals surface area contributed by atoms with E-state index in [1.54, 1.807) is 42.7 Å². The van der Waals surface area contributed by atoms with Crippen molar-refractivity contribution in [2.45, 2.75) is 25.8 Å². The molecule has 3 aromatic heterocycles. The maximum absolute atomic E-state index is 12.6. The molecule has 1 aliphatic heterocycles. The van der Waals surface area contributed by atoms with Crippen LogP contribution >= 0.6 is 0 Å². The number of carbonyl (C=O) groups is 2. The number of likely N-dealkylation sites (tertiary alicyclic amines) is 1. The van der Waals surface area contributed by atoms with Gasteiger partial charge < -0.3 is 21.1 Å². The normalized spacial score (nSPS) is 15.8. The van der Waals surface area contributed by atoms with Crippen molar-refractivity contribution in [2.75, 3.05) is 24.1 Å². The molecule has 1 atom stereocenters. The third kappa shape index (κ3) is 4.25. The number of rotatable bonds is 4. The number of piperidine rings is 1. The van der Waals surface area contributed by atoms with Crippen molar-refractivity contribution in [1.82, 2.24) is 24.6 Å². The fraction of sp³-hybridized carbons (Fsp3) is 0.240. The number of carboxylic acid groups (broad SMARTS) is 1. The van der Waals surface area contributed by atoms with Crippen molar-refractivity contribution in [2.24, 2.45) is 0 Å². The predicted octanol–water partition coefficient (Wildman–Crippen LogP) is 3.95. The Morgan fingerprint density at radius 2 is 1.94 bits per heavy atom. The van der Waals surface area contributed by atoms with Gasteiger partial charge in [0.25, 0.3) is 5.91 Å². The summed E-state index contributed by atoms with van der Waals surface area (Å²) in [4.78, 5) is 34.1. The summed E-state index contributed by atoms with van der Waals surface area (Å²) in [7, 11) is 0. The summed E-state index contributed by atoms with van der Waals surface area (Å²) in [5.74, 6) is 0.567. The van der Waals surface area contributed by atoms with Gasteiger partial charge >= 0.3 is 6.09 Å². The van der Waals surface area contributed by atoms with E-state index < -0.39 is 6.09 Å². The van der Waals surface area contributed by atoms with Crippen LogP contribution in [-0.4, -0.2) is 54.8 Å². The first-order valence-electron chi connectivity index (χ1n) is 11.4. The highest BCUT2D eigenvalue weighted by Crippen LogP contribution is 2.36. The van der Waals surface area contributed by atoms with Gasteiger partial charge in [-0.3, -0.25) is 9.48 Å². The fourth-order valence-electron chi connectivity index (χ4n) is 4.55. The van der Waals surface area contributed by atoms with Crippen LogP contribution in [0.5, 0.6) is 0 Å². The number of pyridine rings is 2. The number of fused-ring (bicyclic) bond motifs is 1. The highest BCUT2D eigenvalue weighted by Gasteiger charge is 2.28. The summed E-state index contributed by atoms with van der Waals surface area (Å²) in [6.45, 7) is 2.82. The van der Waals surface area contributed by atoms with Crippen LogP contribution in [0.1, 0.15) is 34.8 Å². The summed E-state index contributed by atoms with van der Waals surface area (Å²) in [6.07, 6.45) is 3.97. The van der Waals surface area contributed by atoms with Crippen LogP contribution in [0, 0.1) is 6.92 Å². The maximum Gasteiger partial charge on any atom is 0.407 e. The monoisotopic (exact) mass is 471 g/mol. The number of hydrogen-bond acceptors (Lipinski definition) is 6. The first kappa shape index (κ1) is 22.3. The zero-order chi connectivity index (χ0) is 24.5. The quantitative estimate of drug-likeness (QED) is 0.409. The molecule has 1 aromatic carbocycles. The number of hydrogen-bond donors (Lipinski definition) is 3. The van der Waals surface area contributed by atoms with Crippen LogP contribution in [-0.2, 0) is 0 Å². The number of nitrogens with zero attached hydrogens (tertiary/aromatic N) is 5. The predicted molar refractivity (Wildman–Crippen MR) is 132 cm³/mol. The molecule has 1 unspecified atom stereocenters. The average molecular weight is 472 g/mol. The molecular formula is C25H25N7O3. The summed E-state index contributed by atoms with van der Waals surface area (Å²) >= 11 is 0. The molecule has 10 heteroatoms. The number of nitrogen functional groups attached to an aromatic ring is 1. The van der Waals surface area contributed by atoms with Crippen molar-refractivity contribution in [1.29, 1.82) is 0 Å². The number of carbonyl (C=O) groups excluding carboxylic acids is 1. The third-order valence-corrected chi connectivity index (χ3v) is 6.28. The Balaban J connectivity index is 1.51. The summed E-state index contributed by atoms with van der Waals surface area (Å²) in [5, 5.41) is 17.9. The Hall–Kier alpha value is -4.47. The summed E-state index contributed by atoms with van der Waals surface area (Å²) < 4.78 is 1.90. The minimum Gasteiger partial charge on any atom is -0.465 e. The Morgan fingerprint density at radius 1 is 1.14 bits per heavy atom. The Labute approximate surface area is 201 Å². The van der Waals surface area contributed by atoms with E-state index in [2.05, 4.69) is 15.3 Å². The lowest BCUT2D eigenvalue weighted by molar-refractivity contribution is 0.102. The second-order valence-corrected chi connectivity index (χ2v) is 8.61. The van der Waals surface area contributed by atoms with Gasteiger partial charge in [0, 0.05) is 36.6 Å². The molecule has 0 radical (unpaired) electrons. The van der Waals surface area contributed by atoms with Gasteiger partial charge in [-0.15, -0.1) is 0 Å². The van der Waals surface area contributed by atoms with Crippen LogP contribution in [0.25, 0.3) is 22.2 Å². The molecular weight excluding hydrogens is 446 g/mol. The second-order valence-electron chi connectivity index (χ2n) is 8.61. The Bertz CT molecular complexity index is 1400. The van der Waals surface area contributed by atoms with E-state index in [0.717, 1.165) is 34.9 Å². The first-order valence-corrected chi connectivity index (χ1v) is 11.4. The number of amides is 2. The molecule has 4 heterocycles. The molecule has 178 valence electrons. The Kier molecular flexibility index (Phi) is 5.77. The van der Waals surface area contributed by atoms with E-state index >= 15 is 0 Å². The minimum absolute atomic E-state index is 0.111. The molecule has 5 rings (SSSR count). The minimum atomic E-state index is -0.927. The van der Waals surface area contributed by atoms with Crippen LogP contribution in [0.4, 0.5) is 16.4 Å². The van der Waals surface area contributed by atoms with Gasteiger partial charge in [-0.1, -0.05) is 18.2 Å². The van der Waals surface area contributed by atoms with Crippen LogP contribution < -0.4 is 11.1 Å². The number of aromatic nitrogens is 4. The SMILES string of the molecule is Cc1cnc(N)c2c(-c3ccc(C(=O)Nc4ccccn4)cc3)nn(C3CCCN(C(=O)O)C3)c12. The number of anilines is 2. The van der Waals surface area contributed by atoms with Crippen LogP contribution in [0.15, 0.2) is 54.9 Å². The lowest BCUT2D eigenvalue weighted by Gasteiger charge is -2.31. The van der Waals surface area contributed by atoms with Crippen molar-refractivity contribution in [3.63, 3.8) is 0 Å². The van der Waals surface area contributed by atoms with Crippen molar-refractivity contribution in [3.8, 4) is 11.3 Å². The zero-order valence-corrected chi connectivity index (χ0v) is 19.2. The van der Waals surface area contributed by atoms with E-state index in [1.165, 1.54) is 4.90 Å². The fourth-order valence-corrected chi connectivity index (χ4v) is 4.55. The molecule has 1 fully saturated rings. The maximum atomic E-state index is 12.6. The van der Waals surface area contributed by atoms with Gasteiger partial charge in [0.2, 0.25) is 0 Å². The van der Waals surface area contributed by atoms with E-state index in [1.807, 2.05) is 23.7 Å². The van der Waals surface area contributed by atoms with Gasteiger partial charge in [0.05, 0.1) is 16.9 Å². The highest BCUT2D eigenvalue weighted by molar-refractivity contribution is 6.05. The molecule has 35 heavy (non-hydrogen) atoms. The molecule has 2 amide bonds. The number of nitrogens with two attached hydrogens (primary N) is 1. The van der Waals surface area contributed by atoms with Crippen molar-refractivity contribution in [3.05, 3.63) is 66.0 Å². The smallest absolute Gasteiger partial charge is 0.407 e. The lowest BCUT2D eigenvalue weighted by atomic mass is 10.0. The van der Waals surface area contributed by atoms with Crippen LogP contribution in [0.2, 0.25) is 0 Å². The molecule has 0 saturated carbocycles. The largest absolute Gasteiger partial charge is 0.465 e. The third-order valence-electron chi connectivity index (χ3n) is 6.28. The number of nitrogens with one attached hydrogen (secondary N) is 1. The zero-order valence-electron chi connectivity index (χ0n) is 19.2. The number of aryl methyl sites for hydroxylation is 1. The van der Waals surface area contributed by atoms with Gasteiger partial charge in [-0.25, -0.2) is 14.8 Å². The molecule has 1 saturated heterocycles. The van der Waals surface area contributed by atoms with E-state index in [-0.39, 0.29) is 11.9 Å². The molecule has 1 aliphatic rings. The van der Waals surface area contributed by atoms with Crippen molar-refractivity contribution < 1.29 is 14.7 Å². The molecule has 10 nitrogen and oxygen atoms in total. The van der Waals surface area contributed by atoms with Gasteiger partial charge in [-0.2, -0.15) is 5.10 Å².